The van der Waals surface area contributed by atoms with E-state index in [-0.39, 0.29) is 25.3 Å². The lowest BCUT2D eigenvalue weighted by Crippen LogP contribution is -2.59. The molecular weight excluding hydrogens is 691 g/mol. The van der Waals surface area contributed by atoms with Gasteiger partial charge < -0.3 is 30.1 Å². The number of fused-ring (bicyclic) bond motifs is 5. The highest BCUT2D eigenvalue weighted by molar-refractivity contribution is 7.91. The topological polar surface area (TPSA) is 193 Å². The fourth-order valence-corrected chi connectivity index (χ4v) is 9.29. The van der Waals surface area contributed by atoms with Gasteiger partial charge in [-0.1, -0.05) is 44.2 Å². The van der Waals surface area contributed by atoms with Gasteiger partial charge in [-0.2, -0.15) is 0 Å². The lowest BCUT2D eigenvalue weighted by molar-refractivity contribution is -0.142. The number of carboxylic acid groups (broad SMARTS) is 1. The maximum Gasteiger partial charge on any atom is 0.405 e. The van der Waals surface area contributed by atoms with Crippen LogP contribution in [0.25, 0.3) is 10.8 Å². The number of carbonyl (C=O) groups is 4. The Balaban J connectivity index is 1.23. The largest absolute Gasteiger partial charge is 0.491 e. The molecule has 3 aliphatic heterocycles. The number of carbonyl (C=O) groups excluding carboxylic acids is 3. The van der Waals surface area contributed by atoms with E-state index in [1.165, 1.54) is 4.90 Å². The summed E-state index contributed by atoms with van der Waals surface area (Å²) >= 11 is 0. The van der Waals surface area contributed by atoms with Crippen LogP contribution in [0.2, 0.25) is 0 Å². The van der Waals surface area contributed by atoms with Gasteiger partial charge in [0.1, 0.15) is 29.5 Å². The van der Waals surface area contributed by atoms with E-state index < -0.39 is 74.1 Å². The summed E-state index contributed by atoms with van der Waals surface area (Å²) < 4.78 is 40.0. The highest BCUT2D eigenvalue weighted by Crippen LogP contribution is 2.48. The Hall–Kier alpha value is -4.40. The lowest BCUT2D eigenvalue weighted by atomic mass is 9.88. The molecule has 14 nitrogen and oxygen atoms in total. The molecule has 1 saturated heterocycles. The van der Waals surface area contributed by atoms with Crippen molar-refractivity contribution in [2.75, 3.05) is 13.2 Å². The summed E-state index contributed by atoms with van der Waals surface area (Å²) in [7, 11) is -4.00. The molecule has 4 heterocycles. The number of aryl methyl sites for hydroxylation is 1. The van der Waals surface area contributed by atoms with E-state index in [0.717, 1.165) is 23.9 Å². The number of rotatable bonds is 6. The molecule has 15 heteroatoms. The SMILES string of the molecule is C[C@H]1CC/C=C\[C@@H]2C[C@@]2(C(=O)NS(=O)(=O)C2(C)CC2)NC(=O)[C@@H]2C[C@@H](Oc3nc4c(c5ccccc35)OCCC4)CN2C(=O)[C@@H](NC(=O)O)[C@H](C)C1. The van der Waals surface area contributed by atoms with E-state index >= 15 is 0 Å². The Morgan fingerprint density at radius 1 is 1.13 bits per heavy atom. The van der Waals surface area contributed by atoms with E-state index in [4.69, 9.17) is 14.5 Å². The lowest BCUT2D eigenvalue weighted by Gasteiger charge is -2.32. The van der Waals surface area contributed by atoms with Gasteiger partial charge in [0.15, 0.2) is 0 Å². The smallest absolute Gasteiger partial charge is 0.405 e. The minimum Gasteiger partial charge on any atom is -0.491 e. The predicted molar refractivity (Wildman–Crippen MR) is 190 cm³/mol. The van der Waals surface area contributed by atoms with E-state index in [1.54, 1.807) is 6.92 Å². The molecule has 1 aromatic carbocycles. The molecule has 2 saturated carbocycles. The van der Waals surface area contributed by atoms with Crippen LogP contribution in [-0.2, 0) is 30.8 Å². The molecule has 2 aromatic rings. The molecule has 0 spiro atoms. The first kappa shape index (κ1) is 36.0. The quantitative estimate of drug-likeness (QED) is 0.319. The zero-order chi connectivity index (χ0) is 37.0. The van der Waals surface area contributed by atoms with Crippen molar-refractivity contribution >= 4 is 44.6 Å². The number of sulfonamides is 1. The molecule has 0 unspecified atom stereocenters. The minimum absolute atomic E-state index is 0.0281. The van der Waals surface area contributed by atoms with Crippen molar-refractivity contribution in [3.63, 3.8) is 0 Å². The number of amides is 4. The molecule has 7 rings (SSSR count). The number of hydrogen-bond acceptors (Lipinski definition) is 9. The number of nitrogens with zero attached hydrogens (tertiary/aromatic N) is 2. The van der Waals surface area contributed by atoms with Gasteiger partial charge in [0.25, 0.3) is 5.91 Å². The van der Waals surface area contributed by atoms with Gasteiger partial charge in [-0.15, -0.1) is 0 Å². The second-order valence-corrected chi connectivity index (χ2v) is 17.8. The van der Waals surface area contributed by atoms with Gasteiger partial charge in [0.05, 0.1) is 23.6 Å². The van der Waals surface area contributed by atoms with Crippen molar-refractivity contribution in [2.45, 2.75) is 107 Å². The van der Waals surface area contributed by atoms with Crippen LogP contribution in [0.5, 0.6) is 11.6 Å². The molecule has 3 fully saturated rings. The number of nitrogens with one attached hydrogen (secondary N) is 3. The second-order valence-electron chi connectivity index (χ2n) is 15.6. The third-order valence-electron chi connectivity index (χ3n) is 11.5. The number of allylic oxidation sites excluding steroid dienone is 1. The second kappa shape index (κ2) is 13.5. The molecule has 0 radical (unpaired) electrons. The zero-order valence-corrected chi connectivity index (χ0v) is 30.5. The maximum atomic E-state index is 14.4. The van der Waals surface area contributed by atoms with E-state index in [0.29, 0.717) is 55.7 Å². The van der Waals surface area contributed by atoms with Crippen molar-refractivity contribution in [3.8, 4) is 11.6 Å². The monoisotopic (exact) mass is 737 g/mol. The summed E-state index contributed by atoms with van der Waals surface area (Å²) in [5.41, 5.74) is -0.778. The Morgan fingerprint density at radius 3 is 2.62 bits per heavy atom. The van der Waals surface area contributed by atoms with Crippen LogP contribution in [-0.4, -0.2) is 88.8 Å². The van der Waals surface area contributed by atoms with Gasteiger partial charge in [0, 0.05) is 23.1 Å². The number of aromatic nitrogens is 1. The van der Waals surface area contributed by atoms with Crippen molar-refractivity contribution in [1.29, 1.82) is 0 Å². The van der Waals surface area contributed by atoms with Gasteiger partial charge >= 0.3 is 6.09 Å². The fourth-order valence-electron chi connectivity index (χ4n) is 7.98. The Morgan fingerprint density at radius 2 is 1.88 bits per heavy atom. The average Bonchev–Trinajstić information content (AvgIpc) is 3.98. The molecule has 5 aliphatic rings. The number of ether oxygens (including phenoxy) is 2. The predicted octanol–water partition coefficient (Wildman–Crippen LogP) is 3.43. The van der Waals surface area contributed by atoms with Gasteiger partial charge in [0.2, 0.25) is 27.7 Å². The zero-order valence-electron chi connectivity index (χ0n) is 29.7. The highest BCUT2D eigenvalue weighted by atomic mass is 32.2. The van der Waals surface area contributed by atoms with Gasteiger partial charge in [-0.05, 0) is 76.2 Å². The third-order valence-corrected chi connectivity index (χ3v) is 13.7. The van der Waals surface area contributed by atoms with Crippen LogP contribution >= 0.6 is 0 Å². The average molecular weight is 738 g/mol. The standard InChI is InChI=1S/C37H47N5O9S/c1-21-9-4-5-10-23-19-37(23,34(45)41-52(48,49)36(3)14-15-36)40-31(43)28-18-24(20-42(28)33(44)29(22(2)17-21)39-35(46)47)51-32-26-12-7-6-11-25(26)30-27(38-32)13-8-16-50-30/h5-7,10-12,21-24,28-29,39H,4,8-9,13-20H2,1-3H3,(H,40,43)(H,41,45)(H,46,47)/b10-5-/t21-,22+,23+,24+,28-,29-,37+/m0/s1. The molecule has 7 atom stereocenters. The van der Waals surface area contributed by atoms with Crippen molar-refractivity contribution in [3.05, 3.63) is 42.1 Å². The first-order valence-electron chi connectivity index (χ1n) is 18.3. The summed E-state index contributed by atoms with van der Waals surface area (Å²) in [4.78, 5) is 60.8. The van der Waals surface area contributed by atoms with E-state index in [2.05, 4.69) is 15.4 Å². The molecule has 52 heavy (non-hydrogen) atoms. The Kier molecular flexibility index (Phi) is 9.37. The molecule has 280 valence electrons. The van der Waals surface area contributed by atoms with Crippen molar-refractivity contribution in [2.24, 2.45) is 17.8 Å². The van der Waals surface area contributed by atoms with Crippen LogP contribution in [0.4, 0.5) is 4.79 Å². The van der Waals surface area contributed by atoms with E-state index in [1.807, 2.05) is 50.3 Å². The molecule has 1 aromatic heterocycles. The molecular formula is C37H47N5O9S. The summed E-state index contributed by atoms with van der Waals surface area (Å²) in [6.45, 7) is 5.98. The maximum absolute atomic E-state index is 14.4. The number of hydrogen-bond donors (Lipinski definition) is 4. The normalized spacial score (nSPS) is 32.0. The fraction of sp³-hybridized carbons (Fsp3) is 0.595. The van der Waals surface area contributed by atoms with E-state index in [9.17, 15) is 32.7 Å². The minimum atomic E-state index is -4.00. The number of benzene rings is 1. The molecule has 2 aliphatic carbocycles. The first-order chi connectivity index (χ1) is 24.7. The summed E-state index contributed by atoms with van der Waals surface area (Å²) in [6, 6.07) is 5.27. The summed E-state index contributed by atoms with van der Waals surface area (Å²) in [5, 5.41) is 16.6. The highest BCUT2D eigenvalue weighted by Gasteiger charge is 2.63. The van der Waals surface area contributed by atoms with Gasteiger partial charge in [-0.25, -0.2) is 18.2 Å². The molecule has 4 N–H and O–H groups in total. The van der Waals surface area contributed by atoms with Crippen LogP contribution in [0.15, 0.2) is 36.4 Å². The van der Waals surface area contributed by atoms with Crippen LogP contribution in [0.3, 0.4) is 0 Å². The Labute approximate surface area is 303 Å². The van der Waals surface area contributed by atoms with Crippen LogP contribution in [0, 0.1) is 17.8 Å². The van der Waals surface area contributed by atoms with Crippen LogP contribution < -0.4 is 24.8 Å². The van der Waals surface area contributed by atoms with Gasteiger partial charge in [-0.3, -0.25) is 19.1 Å². The summed E-state index contributed by atoms with van der Waals surface area (Å²) in [5.74, 6) is -1.71. The molecule has 4 amide bonds. The van der Waals surface area contributed by atoms with Crippen molar-refractivity contribution < 1.29 is 42.2 Å². The third kappa shape index (κ3) is 6.79. The van der Waals surface area contributed by atoms with Crippen molar-refractivity contribution in [1.82, 2.24) is 25.2 Å². The summed E-state index contributed by atoms with van der Waals surface area (Å²) in [6.07, 6.45) is 6.25. The van der Waals surface area contributed by atoms with Crippen LogP contribution in [0.1, 0.15) is 77.8 Å². The molecule has 0 bridgehead atoms. The Bertz CT molecular complexity index is 1930. The number of pyridine rings is 1. The first-order valence-corrected chi connectivity index (χ1v) is 19.8.